The SMILES string of the molecule is NC(=O)CCC(NC(=O)C(CS)NC(=O)C(N)CC(N)=O)C(=O)NCC(=O)O. The number of amides is 5. The number of aliphatic carboxylic acids is 1. The molecule has 0 spiro atoms. The predicted octanol–water partition coefficient (Wildman–Crippen LogP) is -4.45. The molecule has 10 N–H and O–H groups in total. The second kappa shape index (κ2) is 12.5. The van der Waals surface area contributed by atoms with Gasteiger partial charge in [-0.25, -0.2) is 0 Å². The van der Waals surface area contributed by atoms with Gasteiger partial charge in [-0.1, -0.05) is 0 Å². The van der Waals surface area contributed by atoms with E-state index in [2.05, 4.69) is 28.6 Å². The zero-order chi connectivity index (χ0) is 21.9. The molecular formula is C14H24N6O7S. The van der Waals surface area contributed by atoms with E-state index in [9.17, 15) is 28.8 Å². The molecule has 0 saturated heterocycles. The van der Waals surface area contributed by atoms with Crippen molar-refractivity contribution in [2.24, 2.45) is 17.2 Å². The van der Waals surface area contributed by atoms with Crippen LogP contribution in [-0.4, -0.2) is 71.0 Å². The van der Waals surface area contributed by atoms with Gasteiger partial charge in [0.05, 0.1) is 12.5 Å². The summed E-state index contributed by atoms with van der Waals surface area (Å²) in [4.78, 5) is 68.6. The molecule has 0 radical (unpaired) electrons. The van der Waals surface area contributed by atoms with Crippen LogP contribution in [0, 0.1) is 0 Å². The van der Waals surface area contributed by atoms with Crippen molar-refractivity contribution in [3.63, 3.8) is 0 Å². The average Bonchev–Trinajstić information content (AvgIpc) is 2.59. The van der Waals surface area contributed by atoms with Crippen molar-refractivity contribution in [2.45, 2.75) is 37.4 Å². The molecule has 0 saturated carbocycles. The van der Waals surface area contributed by atoms with E-state index in [1.165, 1.54) is 0 Å². The maximum atomic E-state index is 12.3. The van der Waals surface area contributed by atoms with Crippen LogP contribution in [0.3, 0.4) is 0 Å². The Bertz CT molecular complexity index is 629. The molecule has 0 aromatic heterocycles. The van der Waals surface area contributed by atoms with Crippen molar-refractivity contribution < 1.29 is 33.9 Å². The number of carbonyl (C=O) groups is 6. The first-order valence-electron chi connectivity index (χ1n) is 8.01. The third-order valence-electron chi connectivity index (χ3n) is 3.30. The molecule has 13 nitrogen and oxygen atoms in total. The van der Waals surface area contributed by atoms with Crippen LogP contribution in [0.5, 0.6) is 0 Å². The van der Waals surface area contributed by atoms with Crippen LogP contribution in [0.25, 0.3) is 0 Å². The highest BCUT2D eigenvalue weighted by Crippen LogP contribution is 2.00. The molecule has 0 heterocycles. The Morgan fingerprint density at radius 3 is 1.93 bits per heavy atom. The van der Waals surface area contributed by atoms with Gasteiger partial charge in [0, 0.05) is 12.2 Å². The molecule has 158 valence electrons. The molecular weight excluding hydrogens is 396 g/mol. The van der Waals surface area contributed by atoms with Crippen LogP contribution < -0.4 is 33.2 Å². The minimum atomic E-state index is -1.31. The second-order valence-electron chi connectivity index (χ2n) is 5.70. The van der Waals surface area contributed by atoms with Gasteiger partial charge in [-0.2, -0.15) is 12.6 Å². The van der Waals surface area contributed by atoms with Crippen molar-refractivity contribution >= 4 is 48.1 Å². The number of thiol groups is 1. The average molecular weight is 420 g/mol. The smallest absolute Gasteiger partial charge is 0.322 e. The molecule has 14 heteroatoms. The number of carboxylic acid groups (broad SMARTS) is 1. The third-order valence-corrected chi connectivity index (χ3v) is 3.66. The lowest BCUT2D eigenvalue weighted by molar-refractivity contribution is -0.138. The van der Waals surface area contributed by atoms with Crippen molar-refractivity contribution in [1.82, 2.24) is 16.0 Å². The largest absolute Gasteiger partial charge is 0.480 e. The van der Waals surface area contributed by atoms with Crippen LogP contribution >= 0.6 is 12.6 Å². The van der Waals surface area contributed by atoms with Gasteiger partial charge < -0.3 is 38.3 Å². The lowest BCUT2D eigenvalue weighted by Crippen LogP contribution is -2.57. The van der Waals surface area contributed by atoms with E-state index < -0.39 is 66.6 Å². The third kappa shape index (κ3) is 10.3. The van der Waals surface area contributed by atoms with Crippen LogP contribution in [0.15, 0.2) is 0 Å². The summed E-state index contributed by atoms with van der Waals surface area (Å²) in [6.07, 6.45) is -0.890. The summed E-state index contributed by atoms with van der Waals surface area (Å²) in [7, 11) is 0. The summed E-state index contributed by atoms with van der Waals surface area (Å²) in [6.45, 7) is -0.698. The summed E-state index contributed by atoms with van der Waals surface area (Å²) in [5.41, 5.74) is 15.4. The van der Waals surface area contributed by atoms with Gasteiger partial charge in [0.1, 0.15) is 18.6 Å². The molecule has 0 aromatic rings. The zero-order valence-electron chi connectivity index (χ0n) is 14.8. The lowest BCUT2D eigenvalue weighted by atomic mass is 10.1. The summed E-state index contributed by atoms with van der Waals surface area (Å²) >= 11 is 3.93. The molecule has 28 heavy (non-hydrogen) atoms. The Hall–Kier alpha value is -2.87. The van der Waals surface area contributed by atoms with Crippen molar-refractivity contribution in [3.05, 3.63) is 0 Å². The van der Waals surface area contributed by atoms with E-state index in [0.717, 1.165) is 0 Å². The topological polar surface area (TPSA) is 237 Å². The number of nitrogens with two attached hydrogens (primary N) is 3. The highest BCUT2D eigenvalue weighted by Gasteiger charge is 2.28. The Balaban J connectivity index is 5.03. The molecule has 3 atom stereocenters. The number of hydrogen-bond donors (Lipinski definition) is 8. The van der Waals surface area contributed by atoms with E-state index in [-0.39, 0.29) is 18.6 Å². The maximum absolute atomic E-state index is 12.3. The first kappa shape index (κ1) is 25.1. The normalized spacial score (nSPS) is 13.5. The van der Waals surface area contributed by atoms with E-state index in [4.69, 9.17) is 22.3 Å². The Kier molecular flexibility index (Phi) is 11.2. The van der Waals surface area contributed by atoms with Gasteiger partial charge in [0.25, 0.3) is 0 Å². The van der Waals surface area contributed by atoms with Crippen molar-refractivity contribution in [3.8, 4) is 0 Å². The number of rotatable bonds is 13. The van der Waals surface area contributed by atoms with Gasteiger partial charge in [-0.05, 0) is 6.42 Å². The van der Waals surface area contributed by atoms with Gasteiger partial charge in [-0.3, -0.25) is 28.8 Å². The van der Waals surface area contributed by atoms with Crippen LogP contribution in [0.1, 0.15) is 19.3 Å². The standard InChI is InChI=1S/C14H24N6O7S/c15-6(3-10(17)22)12(25)20-8(5-28)14(27)19-7(1-2-9(16)21)13(26)18-4-11(23)24/h6-8,28H,1-5,15H2,(H2,16,21)(H2,17,22)(H,18,26)(H,19,27)(H,20,25)(H,23,24). The Labute approximate surface area is 165 Å². The highest BCUT2D eigenvalue weighted by molar-refractivity contribution is 7.80. The van der Waals surface area contributed by atoms with Gasteiger partial charge in [0.2, 0.25) is 29.5 Å². The molecule has 0 aliphatic rings. The summed E-state index contributed by atoms with van der Waals surface area (Å²) in [5.74, 6) is -5.56. The minimum absolute atomic E-state index is 0.180. The molecule has 0 aliphatic heterocycles. The van der Waals surface area contributed by atoms with Gasteiger partial charge in [-0.15, -0.1) is 0 Å². The molecule has 0 rings (SSSR count). The summed E-state index contributed by atoms with van der Waals surface area (Å²) in [5, 5.41) is 15.2. The van der Waals surface area contributed by atoms with Crippen molar-refractivity contribution in [2.75, 3.05) is 12.3 Å². The zero-order valence-corrected chi connectivity index (χ0v) is 15.7. The molecule has 0 aromatic carbocycles. The Morgan fingerprint density at radius 1 is 0.893 bits per heavy atom. The van der Waals surface area contributed by atoms with E-state index >= 15 is 0 Å². The quantitative estimate of drug-likeness (QED) is 0.135. The Morgan fingerprint density at radius 2 is 1.46 bits per heavy atom. The van der Waals surface area contributed by atoms with E-state index in [0.29, 0.717) is 0 Å². The van der Waals surface area contributed by atoms with Crippen LogP contribution in [0.4, 0.5) is 0 Å². The molecule has 0 bridgehead atoms. The van der Waals surface area contributed by atoms with Crippen molar-refractivity contribution in [1.29, 1.82) is 0 Å². The minimum Gasteiger partial charge on any atom is -0.480 e. The number of primary amides is 2. The number of carbonyl (C=O) groups excluding carboxylic acids is 5. The summed E-state index contributed by atoms with van der Waals surface area (Å²) < 4.78 is 0. The fourth-order valence-corrected chi connectivity index (χ4v) is 2.15. The molecule has 5 amide bonds. The fraction of sp³-hybridized carbons (Fsp3) is 0.571. The van der Waals surface area contributed by atoms with E-state index in [1.807, 2.05) is 0 Å². The number of nitrogens with one attached hydrogen (secondary N) is 3. The first-order chi connectivity index (χ1) is 13.0. The molecule has 0 aliphatic carbocycles. The second-order valence-corrected chi connectivity index (χ2v) is 6.06. The lowest BCUT2D eigenvalue weighted by Gasteiger charge is -2.22. The highest BCUT2D eigenvalue weighted by atomic mass is 32.1. The van der Waals surface area contributed by atoms with E-state index in [1.54, 1.807) is 0 Å². The van der Waals surface area contributed by atoms with Gasteiger partial charge in [0.15, 0.2) is 0 Å². The van der Waals surface area contributed by atoms with Crippen LogP contribution in [-0.2, 0) is 28.8 Å². The number of carboxylic acids is 1. The monoisotopic (exact) mass is 420 g/mol. The fourth-order valence-electron chi connectivity index (χ4n) is 1.90. The first-order valence-corrected chi connectivity index (χ1v) is 8.64. The number of hydrogen-bond acceptors (Lipinski definition) is 8. The predicted molar refractivity (Wildman–Crippen MR) is 98.6 cm³/mol. The van der Waals surface area contributed by atoms with Gasteiger partial charge >= 0.3 is 5.97 Å². The maximum Gasteiger partial charge on any atom is 0.322 e. The van der Waals surface area contributed by atoms with Crippen LogP contribution in [0.2, 0.25) is 0 Å². The molecule has 3 unspecified atom stereocenters. The molecule has 0 fully saturated rings. The summed E-state index contributed by atoms with van der Waals surface area (Å²) in [6, 6.07) is -3.78.